The summed E-state index contributed by atoms with van der Waals surface area (Å²) in [7, 11) is 1.59. The van der Waals surface area contributed by atoms with Crippen LogP contribution in [0.3, 0.4) is 0 Å². The number of carbonyl (C=O) groups excluding carboxylic acids is 2. The molecule has 0 atom stereocenters. The molecule has 0 saturated heterocycles. The van der Waals surface area contributed by atoms with E-state index in [0.717, 1.165) is 28.3 Å². The summed E-state index contributed by atoms with van der Waals surface area (Å²) in [5.41, 5.74) is 9.03. The number of methoxy groups -OCH3 is 1. The molecule has 0 bridgehead atoms. The van der Waals surface area contributed by atoms with Crippen LogP contribution in [0.4, 0.5) is 11.4 Å². The highest BCUT2D eigenvalue weighted by Crippen LogP contribution is 2.21. The van der Waals surface area contributed by atoms with E-state index in [9.17, 15) is 9.59 Å². The van der Waals surface area contributed by atoms with Gasteiger partial charge in [0.05, 0.1) is 13.7 Å². The number of ether oxygens (including phenoxy) is 1. The van der Waals surface area contributed by atoms with Crippen LogP contribution in [0.1, 0.15) is 17.5 Å². The highest BCUT2D eigenvalue weighted by Gasteiger charge is 2.14. The standard InChI is InChI=1S/C20H25N3O3/c1-14-5-4-6-18(15(14)2)22-20(25)13-23(12-11-19(21)24)16-7-9-17(26-3)10-8-16/h4-10H,11-13H2,1-3H3,(H2,21,24)(H,22,25). The Kier molecular flexibility index (Phi) is 6.60. The molecule has 6 heteroatoms. The van der Waals surface area contributed by atoms with Crippen molar-refractivity contribution < 1.29 is 14.3 Å². The summed E-state index contributed by atoms with van der Waals surface area (Å²) in [6, 6.07) is 13.1. The molecule has 0 aromatic heterocycles. The molecule has 138 valence electrons. The number of hydrogen-bond donors (Lipinski definition) is 2. The molecule has 0 fully saturated rings. The van der Waals surface area contributed by atoms with Gasteiger partial charge in [-0.2, -0.15) is 0 Å². The fraction of sp³-hybridized carbons (Fsp3) is 0.300. The summed E-state index contributed by atoms with van der Waals surface area (Å²) >= 11 is 0. The van der Waals surface area contributed by atoms with Crippen molar-refractivity contribution in [3.63, 3.8) is 0 Å². The van der Waals surface area contributed by atoms with E-state index in [1.54, 1.807) is 7.11 Å². The molecule has 2 rings (SSSR count). The molecule has 0 aliphatic heterocycles. The maximum absolute atomic E-state index is 12.5. The summed E-state index contributed by atoms with van der Waals surface area (Å²) in [6.07, 6.45) is 0.169. The number of nitrogens with zero attached hydrogens (tertiary/aromatic N) is 1. The van der Waals surface area contributed by atoms with Crippen molar-refractivity contribution in [2.45, 2.75) is 20.3 Å². The van der Waals surface area contributed by atoms with Crippen molar-refractivity contribution in [2.75, 3.05) is 30.4 Å². The summed E-state index contributed by atoms with van der Waals surface area (Å²) < 4.78 is 5.16. The number of nitrogens with one attached hydrogen (secondary N) is 1. The van der Waals surface area contributed by atoms with E-state index in [1.165, 1.54) is 0 Å². The number of rotatable bonds is 8. The number of amides is 2. The van der Waals surface area contributed by atoms with Crippen LogP contribution in [0.2, 0.25) is 0 Å². The molecule has 6 nitrogen and oxygen atoms in total. The van der Waals surface area contributed by atoms with Crippen LogP contribution in [0.25, 0.3) is 0 Å². The van der Waals surface area contributed by atoms with Gasteiger partial charge in [0, 0.05) is 24.3 Å². The van der Waals surface area contributed by atoms with Gasteiger partial charge in [0.2, 0.25) is 11.8 Å². The Balaban J connectivity index is 2.12. The van der Waals surface area contributed by atoms with Crippen molar-refractivity contribution in [3.8, 4) is 5.75 Å². The van der Waals surface area contributed by atoms with Crippen molar-refractivity contribution in [3.05, 3.63) is 53.6 Å². The van der Waals surface area contributed by atoms with Gasteiger partial charge < -0.3 is 20.7 Å². The first-order valence-corrected chi connectivity index (χ1v) is 8.44. The predicted octanol–water partition coefficient (Wildman–Crippen LogP) is 2.63. The van der Waals surface area contributed by atoms with Crippen molar-refractivity contribution >= 4 is 23.2 Å². The molecule has 0 saturated carbocycles. The summed E-state index contributed by atoms with van der Waals surface area (Å²) in [5.74, 6) is 0.167. The molecule has 3 N–H and O–H groups in total. The third-order valence-electron chi connectivity index (χ3n) is 4.28. The van der Waals surface area contributed by atoms with Gasteiger partial charge in [-0.1, -0.05) is 12.1 Å². The topological polar surface area (TPSA) is 84.7 Å². The summed E-state index contributed by atoms with van der Waals surface area (Å²) in [4.78, 5) is 25.5. The number of anilines is 2. The molecule has 0 radical (unpaired) electrons. The van der Waals surface area contributed by atoms with Crippen LogP contribution in [0.15, 0.2) is 42.5 Å². The Labute approximate surface area is 153 Å². The molecule has 2 amide bonds. The lowest BCUT2D eigenvalue weighted by Gasteiger charge is -2.24. The van der Waals surface area contributed by atoms with Crippen LogP contribution in [0.5, 0.6) is 5.75 Å². The van der Waals surface area contributed by atoms with Gasteiger partial charge in [-0.3, -0.25) is 9.59 Å². The van der Waals surface area contributed by atoms with Crippen LogP contribution in [-0.4, -0.2) is 32.0 Å². The first-order chi connectivity index (χ1) is 12.4. The van der Waals surface area contributed by atoms with Gasteiger partial charge in [-0.25, -0.2) is 0 Å². The fourth-order valence-electron chi connectivity index (χ4n) is 2.59. The lowest BCUT2D eigenvalue weighted by Crippen LogP contribution is -2.35. The van der Waals surface area contributed by atoms with Crippen molar-refractivity contribution in [2.24, 2.45) is 5.73 Å². The van der Waals surface area contributed by atoms with Crippen LogP contribution >= 0.6 is 0 Å². The monoisotopic (exact) mass is 355 g/mol. The third kappa shape index (κ3) is 5.24. The molecule has 0 spiro atoms. The normalized spacial score (nSPS) is 10.3. The van der Waals surface area contributed by atoms with E-state index >= 15 is 0 Å². The number of hydrogen-bond acceptors (Lipinski definition) is 4. The zero-order chi connectivity index (χ0) is 19.1. The average molecular weight is 355 g/mol. The Morgan fingerprint density at radius 3 is 2.42 bits per heavy atom. The quantitative estimate of drug-likeness (QED) is 0.762. The highest BCUT2D eigenvalue weighted by molar-refractivity contribution is 5.95. The molecule has 0 aliphatic rings. The van der Waals surface area contributed by atoms with Gasteiger partial charge >= 0.3 is 0 Å². The average Bonchev–Trinajstić information content (AvgIpc) is 2.62. The third-order valence-corrected chi connectivity index (χ3v) is 4.28. The highest BCUT2D eigenvalue weighted by atomic mass is 16.5. The van der Waals surface area contributed by atoms with Gasteiger partial charge in [0.15, 0.2) is 0 Å². The minimum Gasteiger partial charge on any atom is -0.497 e. The molecule has 2 aromatic carbocycles. The predicted molar refractivity (Wildman–Crippen MR) is 104 cm³/mol. The van der Waals surface area contributed by atoms with Gasteiger partial charge in [-0.15, -0.1) is 0 Å². The van der Waals surface area contributed by atoms with Gasteiger partial charge in [-0.05, 0) is 55.3 Å². The first-order valence-electron chi connectivity index (χ1n) is 8.44. The van der Waals surface area contributed by atoms with E-state index in [1.807, 2.05) is 61.2 Å². The number of nitrogens with two attached hydrogens (primary N) is 1. The Morgan fingerprint density at radius 1 is 1.12 bits per heavy atom. The largest absolute Gasteiger partial charge is 0.497 e. The maximum Gasteiger partial charge on any atom is 0.243 e. The van der Waals surface area contributed by atoms with Crippen LogP contribution in [-0.2, 0) is 9.59 Å². The van der Waals surface area contributed by atoms with Crippen molar-refractivity contribution in [1.29, 1.82) is 0 Å². The van der Waals surface area contributed by atoms with E-state index in [2.05, 4.69) is 5.32 Å². The Morgan fingerprint density at radius 2 is 1.81 bits per heavy atom. The second-order valence-corrected chi connectivity index (χ2v) is 6.13. The molecule has 26 heavy (non-hydrogen) atoms. The fourth-order valence-corrected chi connectivity index (χ4v) is 2.59. The molecular weight excluding hydrogens is 330 g/mol. The minimum absolute atomic E-state index is 0.118. The maximum atomic E-state index is 12.5. The van der Waals surface area contributed by atoms with E-state index < -0.39 is 5.91 Å². The van der Waals surface area contributed by atoms with E-state index in [0.29, 0.717) is 6.54 Å². The van der Waals surface area contributed by atoms with E-state index in [4.69, 9.17) is 10.5 Å². The Bertz CT molecular complexity index is 772. The minimum atomic E-state index is -0.404. The second kappa shape index (κ2) is 8.89. The number of aryl methyl sites for hydroxylation is 1. The van der Waals surface area contributed by atoms with Crippen molar-refractivity contribution in [1.82, 2.24) is 0 Å². The molecule has 0 heterocycles. The molecule has 2 aromatic rings. The molecule has 0 aliphatic carbocycles. The zero-order valence-electron chi connectivity index (χ0n) is 15.4. The van der Waals surface area contributed by atoms with Crippen LogP contribution in [0, 0.1) is 13.8 Å². The Hall–Kier alpha value is -3.02. The number of carbonyl (C=O) groups is 2. The molecular formula is C20H25N3O3. The SMILES string of the molecule is COc1ccc(N(CCC(N)=O)CC(=O)Nc2cccc(C)c2C)cc1. The van der Waals surface area contributed by atoms with Gasteiger partial charge in [0.25, 0.3) is 0 Å². The number of primary amides is 1. The second-order valence-electron chi connectivity index (χ2n) is 6.13. The van der Waals surface area contributed by atoms with Crippen LogP contribution < -0.4 is 20.7 Å². The molecule has 0 unspecified atom stereocenters. The van der Waals surface area contributed by atoms with E-state index in [-0.39, 0.29) is 18.9 Å². The van der Waals surface area contributed by atoms with Gasteiger partial charge in [0.1, 0.15) is 5.75 Å². The summed E-state index contributed by atoms with van der Waals surface area (Å²) in [6.45, 7) is 4.45. The smallest absolute Gasteiger partial charge is 0.243 e. The summed E-state index contributed by atoms with van der Waals surface area (Å²) in [5, 5.41) is 2.94. The zero-order valence-corrected chi connectivity index (χ0v) is 15.4. The lowest BCUT2D eigenvalue weighted by atomic mass is 10.1. The lowest BCUT2D eigenvalue weighted by molar-refractivity contribution is -0.118. The first kappa shape index (κ1) is 19.3. The number of benzene rings is 2.